The summed E-state index contributed by atoms with van der Waals surface area (Å²) >= 11 is 0. The summed E-state index contributed by atoms with van der Waals surface area (Å²) in [5, 5.41) is 9.17. The number of aliphatic hydroxyl groups excluding tert-OH is 1. The Hall–Kier alpha value is -1.60. The van der Waals surface area contributed by atoms with Crippen LogP contribution >= 0.6 is 0 Å². The van der Waals surface area contributed by atoms with Gasteiger partial charge >= 0.3 is 6.18 Å². The molecule has 0 saturated carbocycles. The van der Waals surface area contributed by atoms with Crippen molar-refractivity contribution in [1.82, 2.24) is 4.90 Å². The van der Waals surface area contributed by atoms with Crippen LogP contribution < -0.4 is 4.90 Å². The van der Waals surface area contributed by atoms with Gasteiger partial charge in [-0.15, -0.1) is 0 Å². The first-order chi connectivity index (χ1) is 10.6. The third-order valence-electron chi connectivity index (χ3n) is 4.30. The van der Waals surface area contributed by atoms with Gasteiger partial charge < -0.3 is 10.0 Å². The first-order valence-electron chi connectivity index (χ1n) is 7.49. The maximum Gasteiger partial charge on any atom is 0.415 e. The molecule has 3 atom stereocenters. The molecule has 0 fully saturated rings. The number of anilines is 1. The Morgan fingerprint density at radius 3 is 2.65 bits per heavy atom. The van der Waals surface area contributed by atoms with E-state index in [1.807, 2.05) is 31.2 Å². The molecule has 0 spiro atoms. The zero-order valence-corrected chi connectivity index (χ0v) is 13.3. The second kappa shape index (κ2) is 6.49. The molecule has 0 aromatic heterocycles. The average Bonchev–Trinajstić information content (AvgIpc) is 2.80. The summed E-state index contributed by atoms with van der Waals surface area (Å²) in [5.41, 5.74) is 1.86. The number of carbonyl (C=O) groups excluding carboxylic acids is 1. The molecule has 23 heavy (non-hydrogen) atoms. The van der Waals surface area contributed by atoms with Gasteiger partial charge in [0.05, 0.1) is 6.04 Å². The van der Waals surface area contributed by atoms with E-state index in [0.29, 0.717) is 0 Å². The highest BCUT2D eigenvalue weighted by Crippen LogP contribution is 2.32. The van der Waals surface area contributed by atoms with E-state index in [1.165, 1.54) is 11.9 Å². The van der Waals surface area contributed by atoms with Crippen molar-refractivity contribution in [2.24, 2.45) is 0 Å². The molecule has 1 amide bonds. The van der Waals surface area contributed by atoms with Crippen molar-refractivity contribution in [3.8, 4) is 0 Å². The lowest BCUT2D eigenvalue weighted by atomic mass is 10.1. The molecule has 7 heteroatoms. The number of halogens is 3. The quantitative estimate of drug-likeness (QED) is 0.920. The topological polar surface area (TPSA) is 43.8 Å². The minimum Gasteiger partial charge on any atom is -0.382 e. The fourth-order valence-corrected chi connectivity index (χ4v) is 2.83. The highest BCUT2D eigenvalue weighted by atomic mass is 19.4. The first-order valence-corrected chi connectivity index (χ1v) is 7.49. The van der Waals surface area contributed by atoms with Crippen LogP contribution in [-0.4, -0.2) is 53.9 Å². The van der Waals surface area contributed by atoms with Gasteiger partial charge in [0.15, 0.2) is 6.10 Å². The average molecular weight is 330 g/mol. The summed E-state index contributed by atoms with van der Waals surface area (Å²) in [4.78, 5) is 15.6. The number of likely N-dealkylation sites (N-methyl/N-ethyl adjacent to an activating group) is 1. The Kier molecular flexibility index (Phi) is 5.01. The highest BCUT2D eigenvalue weighted by Gasteiger charge is 2.41. The van der Waals surface area contributed by atoms with E-state index in [2.05, 4.69) is 0 Å². The Labute approximate surface area is 133 Å². The molecule has 1 N–H and O–H groups in total. The minimum absolute atomic E-state index is 0.0386. The molecule has 1 heterocycles. The fraction of sp³-hybridized carbons (Fsp3) is 0.562. The monoisotopic (exact) mass is 330 g/mol. The summed E-state index contributed by atoms with van der Waals surface area (Å²) in [5.74, 6) is -0.265. The number of benzene rings is 1. The SMILES string of the molecule is CC(C(=O)N1c2ccccc2CC1C)N(C)CC(O)C(F)(F)F. The van der Waals surface area contributed by atoms with Crippen molar-refractivity contribution >= 4 is 11.6 Å². The Balaban J connectivity index is 2.11. The van der Waals surface area contributed by atoms with Crippen LogP contribution in [0.2, 0.25) is 0 Å². The van der Waals surface area contributed by atoms with E-state index in [9.17, 15) is 23.1 Å². The molecular formula is C16H21F3N2O2. The number of nitrogens with zero attached hydrogens (tertiary/aromatic N) is 2. The van der Waals surface area contributed by atoms with Crippen molar-refractivity contribution < 1.29 is 23.1 Å². The molecule has 0 radical (unpaired) electrons. The van der Waals surface area contributed by atoms with Crippen molar-refractivity contribution in [3.63, 3.8) is 0 Å². The lowest BCUT2D eigenvalue weighted by Gasteiger charge is -2.32. The van der Waals surface area contributed by atoms with Crippen LogP contribution in [-0.2, 0) is 11.2 Å². The third-order valence-corrected chi connectivity index (χ3v) is 4.30. The van der Waals surface area contributed by atoms with E-state index in [0.717, 1.165) is 17.7 Å². The minimum atomic E-state index is -4.69. The normalized spacial score (nSPS) is 20.5. The molecule has 4 nitrogen and oxygen atoms in total. The predicted octanol–water partition coefficient (Wildman–Crippen LogP) is 2.21. The standard InChI is InChI=1S/C16H21F3N2O2/c1-10-8-12-6-4-5-7-13(12)21(10)15(23)11(2)20(3)9-14(22)16(17,18)19/h4-7,10-11,14,22H,8-9H2,1-3H3. The van der Waals surface area contributed by atoms with Gasteiger partial charge in [-0.25, -0.2) is 0 Å². The van der Waals surface area contributed by atoms with Gasteiger partial charge in [-0.05, 0) is 38.9 Å². The maximum atomic E-state index is 12.7. The van der Waals surface area contributed by atoms with E-state index < -0.39 is 24.9 Å². The number of carbonyl (C=O) groups is 1. The van der Waals surface area contributed by atoms with Crippen LogP contribution in [0.5, 0.6) is 0 Å². The van der Waals surface area contributed by atoms with Gasteiger partial charge in [0.2, 0.25) is 5.91 Å². The largest absolute Gasteiger partial charge is 0.415 e. The third kappa shape index (κ3) is 3.67. The molecule has 1 aliphatic rings. The molecule has 2 rings (SSSR count). The molecule has 0 saturated heterocycles. The molecule has 0 bridgehead atoms. The zero-order valence-electron chi connectivity index (χ0n) is 13.3. The summed E-state index contributed by atoms with van der Waals surface area (Å²) in [6, 6.07) is 6.71. The van der Waals surface area contributed by atoms with Crippen LogP contribution in [0, 0.1) is 0 Å². The van der Waals surface area contributed by atoms with Crippen molar-refractivity contribution in [1.29, 1.82) is 0 Å². The number of hydrogen-bond acceptors (Lipinski definition) is 3. The molecule has 1 aromatic carbocycles. The summed E-state index contributed by atoms with van der Waals surface area (Å²) in [7, 11) is 1.41. The maximum absolute atomic E-state index is 12.7. The van der Waals surface area contributed by atoms with Gasteiger partial charge in [-0.3, -0.25) is 9.69 Å². The van der Waals surface area contributed by atoms with Gasteiger partial charge in [0, 0.05) is 18.3 Å². The Morgan fingerprint density at radius 2 is 2.04 bits per heavy atom. The van der Waals surface area contributed by atoms with Crippen molar-refractivity contribution in [3.05, 3.63) is 29.8 Å². The Bertz CT molecular complexity index is 577. The van der Waals surface area contributed by atoms with Crippen LogP contribution in [0.1, 0.15) is 19.4 Å². The zero-order chi connectivity index (χ0) is 17.4. The number of rotatable bonds is 4. The molecule has 128 valence electrons. The van der Waals surface area contributed by atoms with Crippen LogP contribution in [0.3, 0.4) is 0 Å². The molecule has 1 aliphatic heterocycles. The number of fused-ring (bicyclic) bond motifs is 1. The van der Waals surface area contributed by atoms with E-state index in [1.54, 1.807) is 11.8 Å². The summed E-state index contributed by atoms with van der Waals surface area (Å²) in [6.45, 7) is 2.83. The summed E-state index contributed by atoms with van der Waals surface area (Å²) in [6.07, 6.45) is -6.43. The first kappa shape index (κ1) is 17.7. The van der Waals surface area contributed by atoms with E-state index >= 15 is 0 Å². The number of amides is 1. The fourth-order valence-electron chi connectivity index (χ4n) is 2.83. The van der Waals surface area contributed by atoms with Crippen LogP contribution in [0.4, 0.5) is 18.9 Å². The van der Waals surface area contributed by atoms with Gasteiger partial charge in [0.1, 0.15) is 0 Å². The second-order valence-corrected chi connectivity index (χ2v) is 6.06. The van der Waals surface area contributed by atoms with Crippen molar-refractivity contribution in [2.45, 2.75) is 44.6 Å². The molecule has 3 unspecified atom stereocenters. The lowest BCUT2D eigenvalue weighted by Crippen LogP contribution is -2.51. The smallest absolute Gasteiger partial charge is 0.382 e. The molecular weight excluding hydrogens is 309 g/mol. The number of alkyl halides is 3. The van der Waals surface area contributed by atoms with Crippen LogP contribution in [0.25, 0.3) is 0 Å². The lowest BCUT2D eigenvalue weighted by molar-refractivity contribution is -0.208. The highest BCUT2D eigenvalue weighted by molar-refractivity contribution is 5.99. The molecule has 0 aliphatic carbocycles. The number of para-hydroxylation sites is 1. The van der Waals surface area contributed by atoms with Crippen LogP contribution in [0.15, 0.2) is 24.3 Å². The van der Waals surface area contributed by atoms with Crippen molar-refractivity contribution in [2.75, 3.05) is 18.5 Å². The predicted molar refractivity (Wildman–Crippen MR) is 81.2 cm³/mol. The Morgan fingerprint density at radius 1 is 1.43 bits per heavy atom. The summed E-state index contributed by atoms with van der Waals surface area (Å²) < 4.78 is 37.4. The van der Waals surface area contributed by atoms with Gasteiger partial charge in [0.25, 0.3) is 0 Å². The number of hydrogen-bond donors (Lipinski definition) is 1. The van der Waals surface area contributed by atoms with E-state index in [-0.39, 0.29) is 11.9 Å². The second-order valence-electron chi connectivity index (χ2n) is 6.06. The van der Waals surface area contributed by atoms with Gasteiger partial charge in [-0.2, -0.15) is 13.2 Å². The molecule has 1 aromatic rings. The van der Waals surface area contributed by atoms with E-state index in [4.69, 9.17) is 0 Å². The number of aliphatic hydroxyl groups is 1. The van der Waals surface area contributed by atoms with Gasteiger partial charge in [-0.1, -0.05) is 18.2 Å².